The number of benzene rings is 1. The van der Waals surface area contributed by atoms with Crippen LogP contribution in [0.3, 0.4) is 0 Å². The fraction of sp³-hybridized carbons (Fsp3) is 0.353. The van der Waals surface area contributed by atoms with Gasteiger partial charge in [-0.15, -0.1) is 0 Å². The number of fused-ring (bicyclic) bond motifs is 1. The zero-order chi connectivity index (χ0) is 15.5. The predicted octanol–water partition coefficient (Wildman–Crippen LogP) is 1.85. The number of nitrogens with zero attached hydrogens (tertiary/aromatic N) is 1. The molecule has 0 spiro atoms. The Kier molecular flexibility index (Phi) is 4.04. The summed E-state index contributed by atoms with van der Waals surface area (Å²) >= 11 is 0. The Labute approximate surface area is 128 Å². The number of carbonyl (C=O) groups is 2. The Bertz CT molecular complexity index is 710. The third-order valence-corrected chi connectivity index (χ3v) is 3.82. The van der Waals surface area contributed by atoms with Crippen molar-refractivity contribution in [3.63, 3.8) is 0 Å². The smallest absolute Gasteiger partial charge is 0.328 e. The highest BCUT2D eigenvalue weighted by molar-refractivity contribution is 5.87. The van der Waals surface area contributed by atoms with Crippen molar-refractivity contribution in [2.45, 2.75) is 25.3 Å². The highest BCUT2D eigenvalue weighted by atomic mass is 16.5. The van der Waals surface area contributed by atoms with Crippen LogP contribution < -0.4 is 5.32 Å². The summed E-state index contributed by atoms with van der Waals surface area (Å²) in [4.78, 5) is 28.3. The van der Waals surface area contributed by atoms with E-state index in [1.807, 2.05) is 36.4 Å². The van der Waals surface area contributed by atoms with Crippen molar-refractivity contribution in [2.75, 3.05) is 7.11 Å². The minimum atomic E-state index is -0.688. The number of methoxy groups -OCH3 is 1. The predicted molar refractivity (Wildman–Crippen MR) is 82.1 cm³/mol. The molecule has 1 atom stereocenters. The minimum absolute atomic E-state index is 0.0525. The Hall–Kier alpha value is -2.43. The van der Waals surface area contributed by atoms with Crippen molar-refractivity contribution in [1.82, 2.24) is 10.3 Å². The molecule has 1 aromatic carbocycles. The lowest BCUT2D eigenvalue weighted by Gasteiger charge is -2.16. The van der Waals surface area contributed by atoms with Gasteiger partial charge in [0.25, 0.3) is 0 Å². The van der Waals surface area contributed by atoms with Gasteiger partial charge in [-0.25, -0.2) is 4.79 Å². The zero-order valence-corrected chi connectivity index (χ0v) is 12.4. The van der Waals surface area contributed by atoms with E-state index in [1.54, 1.807) is 0 Å². The molecule has 0 aliphatic heterocycles. The molecule has 1 fully saturated rings. The fourth-order valence-electron chi connectivity index (χ4n) is 2.40. The SMILES string of the molecule is COC(=O)[C@@H](Cc1ccc2ccccc2n1)NC(=O)C1CC1. The van der Waals surface area contributed by atoms with Gasteiger partial charge in [-0.05, 0) is 25.0 Å². The average molecular weight is 298 g/mol. The number of esters is 1. The van der Waals surface area contributed by atoms with E-state index in [2.05, 4.69) is 10.3 Å². The van der Waals surface area contributed by atoms with Crippen LogP contribution in [-0.4, -0.2) is 30.0 Å². The molecular weight excluding hydrogens is 280 g/mol. The van der Waals surface area contributed by atoms with Gasteiger partial charge >= 0.3 is 5.97 Å². The molecule has 5 nitrogen and oxygen atoms in total. The second kappa shape index (κ2) is 6.13. The molecule has 1 aliphatic rings. The molecule has 3 rings (SSSR count). The quantitative estimate of drug-likeness (QED) is 0.855. The molecule has 1 heterocycles. The Balaban J connectivity index is 1.77. The maximum Gasteiger partial charge on any atom is 0.328 e. The van der Waals surface area contributed by atoms with E-state index in [4.69, 9.17) is 4.74 Å². The number of pyridine rings is 1. The van der Waals surface area contributed by atoms with E-state index < -0.39 is 12.0 Å². The first-order chi connectivity index (χ1) is 10.7. The molecule has 0 saturated heterocycles. The summed E-state index contributed by atoms with van der Waals surface area (Å²) in [7, 11) is 1.33. The molecule has 1 N–H and O–H groups in total. The summed E-state index contributed by atoms with van der Waals surface area (Å²) in [5.41, 5.74) is 1.63. The molecule has 0 bridgehead atoms. The number of hydrogen-bond donors (Lipinski definition) is 1. The number of aromatic nitrogens is 1. The van der Waals surface area contributed by atoms with E-state index in [-0.39, 0.29) is 11.8 Å². The van der Waals surface area contributed by atoms with Gasteiger partial charge in [0.05, 0.1) is 12.6 Å². The van der Waals surface area contributed by atoms with Gasteiger partial charge in [0.1, 0.15) is 6.04 Å². The highest BCUT2D eigenvalue weighted by Gasteiger charge is 2.33. The first kappa shape index (κ1) is 14.5. The third kappa shape index (κ3) is 3.24. The molecule has 1 saturated carbocycles. The van der Waals surface area contributed by atoms with E-state index >= 15 is 0 Å². The number of carbonyl (C=O) groups excluding carboxylic acids is 2. The molecule has 1 amide bonds. The van der Waals surface area contributed by atoms with Gasteiger partial charge in [-0.3, -0.25) is 9.78 Å². The van der Waals surface area contributed by atoms with E-state index in [9.17, 15) is 9.59 Å². The zero-order valence-electron chi connectivity index (χ0n) is 12.4. The second-order valence-electron chi connectivity index (χ2n) is 5.56. The highest BCUT2D eigenvalue weighted by Crippen LogP contribution is 2.29. The van der Waals surface area contributed by atoms with Crippen molar-refractivity contribution < 1.29 is 14.3 Å². The fourth-order valence-corrected chi connectivity index (χ4v) is 2.40. The number of hydrogen-bond acceptors (Lipinski definition) is 4. The van der Waals surface area contributed by atoms with Crippen LogP contribution in [0.1, 0.15) is 18.5 Å². The summed E-state index contributed by atoms with van der Waals surface area (Å²) in [5.74, 6) is -0.461. The van der Waals surface area contributed by atoms with Crippen molar-refractivity contribution in [3.8, 4) is 0 Å². The van der Waals surface area contributed by atoms with Crippen LogP contribution in [0.4, 0.5) is 0 Å². The van der Waals surface area contributed by atoms with Gasteiger partial charge in [-0.1, -0.05) is 24.3 Å². The number of ether oxygens (including phenoxy) is 1. The van der Waals surface area contributed by atoms with Crippen molar-refractivity contribution in [1.29, 1.82) is 0 Å². The normalized spacial score (nSPS) is 15.3. The van der Waals surface area contributed by atoms with Crippen LogP contribution in [0.25, 0.3) is 10.9 Å². The number of para-hydroxylation sites is 1. The van der Waals surface area contributed by atoms with Gasteiger partial charge in [0.15, 0.2) is 0 Å². The lowest BCUT2D eigenvalue weighted by atomic mass is 10.1. The summed E-state index contributed by atoms with van der Waals surface area (Å²) < 4.78 is 4.79. The molecule has 0 radical (unpaired) electrons. The average Bonchev–Trinajstić information content (AvgIpc) is 3.38. The van der Waals surface area contributed by atoms with Crippen LogP contribution >= 0.6 is 0 Å². The van der Waals surface area contributed by atoms with Crippen LogP contribution in [0.5, 0.6) is 0 Å². The molecule has 114 valence electrons. The first-order valence-corrected chi connectivity index (χ1v) is 7.40. The van der Waals surface area contributed by atoms with Crippen LogP contribution in [-0.2, 0) is 20.7 Å². The van der Waals surface area contributed by atoms with Crippen LogP contribution in [0.15, 0.2) is 36.4 Å². The summed E-state index contributed by atoms with van der Waals surface area (Å²) in [6.45, 7) is 0. The van der Waals surface area contributed by atoms with Gasteiger partial charge in [0, 0.05) is 23.4 Å². The van der Waals surface area contributed by atoms with Crippen molar-refractivity contribution in [3.05, 3.63) is 42.1 Å². The summed E-state index contributed by atoms with van der Waals surface area (Å²) in [5, 5.41) is 3.82. The lowest BCUT2D eigenvalue weighted by molar-refractivity contribution is -0.145. The van der Waals surface area contributed by atoms with Gasteiger partial charge < -0.3 is 10.1 Å². The maximum atomic E-state index is 11.9. The Morgan fingerprint density at radius 1 is 1.27 bits per heavy atom. The largest absolute Gasteiger partial charge is 0.467 e. The second-order valence-corrected chi connectivity index (χ2v) is 5.56. The van der Waals surface area contributed by atoms with Gasteiger partial charge in [-0.2, -0.15) is 0 Å². The van der Waals surface area contributed by atoms with Crippen molar-refractivity contribution >= 4 is 22.8 Å². The molecule has 0 unspecified atom stereocenters. The topological polar surface area (TPSA) is 68.3 Å². The van der Waals surface area contributed by atoms with E-state index in [0.717, 1.165) is 29.4 Å². The Morgan fingerprint density at radius 3 is 2.77 bits per heavy atom. The van der Waals surface area contributed by atoms with Crippen LogP contribution in [0, 0.1) is 5.92 Å². The number of rotatable bonds is 5. The minimum Gasteiger partial charge on any atom is -0.467 e. The maximum absolute atomic E-state index is 11.9. The van der Waals surface area contributed by atoms with Gasteiger partial charge in [0.2, 0.25) is 5.91 Å². The van der Waals surface area contributed by atoms with Crippen LogP contribution in [0.2, 0.25) is 0 Å². The lowest BCUT2D eigenvalue weighted by Crippen LogP contribution is -2.43. The third-order valence-electron chi connectivity index (χ3n) is 3.82. The molecular formula is C17H18N2O3. The molecule has 1 aromatic heterocycles. The first-order valence-electron chi connectivity index (χ1n) is 7.40. The standard InChI is InChI=1S/C17H18N2O3/c1-22-17(21)15(19-16(20)12-6-7-12)10-13-9-8-11-4-2-3-5-14(11)18-13/h2-5,8-9,12,15H,6-7,10H2,1H3,(H,19,20)/t15-/m1/s1. The Morgan fingerprint density at radius 2 is 2.05 bits per heavy atom. The molecule has 1 aliphatic carbocycles. The number of nitrogens with one attached hydrogen (secondary N) is 1. The molecule has 5 heteroatoms. The van der Waals surface area contributed by atoms with E-state index in [1.165, 1.54) is 7.11 Å². The van der Waals surface area contributed by atoms with E-state index in [0.29, 0.717) is 6.42 Å². The molecule has 2 aromatic rings. The molecule has 22 heavy (non-hydrogen) atoms. The number of amides is 1. The summed E-state index contributed by atoms with van der Waals surface area (Å²) in [6, 6.07) is 10.9. The summed E-state index contributed by atoms with van der Waals surface area (Å²) in [6.07, 6.45) is 2.12. The monoisotopic (exact) mass is 298 g/mol. The van der Waals surface area contributed by atoms with Crippen molar-refractivity contribution in [2.24, 2.45) is 5.92 Å².